The van der Waals surface area contributed by atoms with Gasteiger partial charge < -0.3 is 10.8 Å². The molecule has 0 unspecified atom stereocenters. The third-order valence-electron chi connectivity index (χ3n) is 2.45. The highest BCUT2D eigenvalue weighted by Crippen LogP contribution is 2.27. The van der Waals surface area contributed by atoms with Gasteiger partial charge in [-0.15, -0.1) is 0 Å². The lowest BCUT2D eigenvalue weighted by Gasteiger charge is -2.25. The van der Waals surface area contributed by atoms with Crippen molar-refractivity contribution in [1.82, 2.24) is 4.72 Å². The molecule has 0 saturated heterocycles. The fourth-order valence-corrected chi connectivity index (χ4v) is 3.71. The highest BCUT2D eigenvalue weighted by molar-refractivity contribution is 9.10. The molecule has 1 rings (SSSR count). The van der Waals surface area contributed by atoms with Gasteiger partial charge >= 0.3 is 0 Å². The molecule has 0 heterocycles. The number of aliphatic hydroxyl groups is 1. The number of nitrogens with two attached hydrogens (primary N) is 1. The van der Waals surface area contributed by atoms with Crippen molar-refractivity contribution >= 4 is 31.6 Å². The smallest absolute Gasteiger partial charge is 0.244 e. The van der Waals surface area contributed by atoms with Gasteiger partial charge in [0.05, 0.1) is 4.47 Å². The second-order valence-corrected chi connectivity index (χ2v) is 7.28. The van der Waals surface area contributed by atoms with Crippen LogP contribution in [0.15, 0.2) is 21.5 Å². The molecule has 1 aromatic rings. The van der Waals surface area contributed by atoms with Crippen molar-refractivity contribution in [2.45, 2.75) is 30.7 Å². The molecule has 0 atom stereocenters. The number of hydrogen-bond donors (Lipinski definition) is 3. The Hall–Kier alpha value is -0.700. The third kappa shape index (κ3) is 4.13. The highest BCUT2D eigenvalue weighted by atomic mass is 79.9. The van der Waals surface area contributed by atoms with Gasteiger partial charge in [-0.25, -0.2) is 17.5 Å². The van der Waals surface area contributed by atoms with Gasteiger partial charge in [0.2, 0.25) is 10.0 Å². The summed E-state index contributed by atoms with van der Waals surface area (Å²) in [6, 6.07) is 2.34. The summed E-state index contributed by atoms with van der Waals surface area (Å²) in [6.45, 7) is 3.01. The lowest BCUT2D eigenvalue weighted by atomic mass is 10.0. The first-order valence-electron chi connectivity index (χ1n) is 5.48. The Morgan fingerprint density at radius 2 is 2.05 bits per heavy atom. The van der Waals surface area contributed by atoms with Crippen LogP contribution >= 0.6 is 15.9 Å². The van der Waals surface area contributed by atoms with Gasteiger partial charge in [-0.3, -0.25) is 0 Å². The van der Waals surface area contributed by atoms with Crippen LogP contribution in [-0.4, -0.2) is 25.7 Å². The van der Waals surface area contributed by atoms with E-state index in [1.54, 1.807) is 13.8 Å². The molecule has 0 fully saturated rings. The number of anilines is 1. The molecule has 19 heavy (non-hydrogen) atoms. The molecule has 0 aromatic heterocycles. The summed E-state index contributed by atoms with van der Waals surface area (Å²) in [6.07, 6.45) is 0.206. The standard InChI is InChI=1S/C11H16BrFN2O3S/c1-11(2,3-4-16)15-19(17,18)9-6-7(14)5-8(12)10(9)13/h5-6,15-16H,3-4,14H2,1-2H3. The molecule has 0 aliphatic heterocycles. The van der Waals surface area contributed by atoms with Crippen LogP contribution in [0.1, 0.15) is 20.3 Å². The summed E-state index contributed by atoms with van der Waals surface area (Å²) in [5, 5.41) is 8.88. The monoisotopic (exact) mass is 354 g/mol. The Balaban J connectivity index is 3.22. The van der Waals surface area contributed by atoms with Crippen molar-refractivity contribution in [3.8, 4) is 0 Å². The molecule has 0 aliphatic carbocycles. The number of nitrogens with one attached hydrogen (secondary N) is 1. The summed E-state index contributed by atoms with van der Waals surface area (Å²) in [5.41, 5.74) is 4.76. The summed E-state index contributed by atoms with van der Waals surface area (Å²) in [7, 11) is -4.06. The predicted octanol–water partition coefficient (Wildman–Crippen LogP) is 1.61. The summed E-state index contributed by atoms with van der Waals surface area (Å²) >= 11 is 2.91. The Morgan fingerprint density at radius 1 is 1.47 bits per heavy atom. The van der Waals surface area contributed by atoms with Gasteiger partial charge in [0.15, 0.2) is 5.82 Å². The molecule has 0 radical (unpaired) electrons. The minimum atomic E-state index is -4.06. The molecule has 5 nitrogen and oxygen atoms in total. The van der Waals surface area contributed by atoms with Crippen LogP contribution in [0.5, 0.6) is 0 Å². The van der Waals surface area contributed by atoms with Gasteiger partial charge in [-0.05, 0) is 48.3 Å². The van der Waals surface area contributed by atoms with Crippen LogP contribution in [-0.2, 0) is 10.0 Å². The molecule has 0 spiro atoms. The van der Waals surface area contributed by atoms with E-state index in [1.807, 2.05) is 0 Å². The van der Waals surface area contributed by atoms with Crippen LogP contribution in [0.3, 0.4) is 0 Å². The number of hydrogen-bond acceptors (Lipinski definition) is 4. The molecule has 1 aromatic carbocycles. The van der Waals surface area contributed by atoms with Gasteiger partial charge in [0.1, 0.15) is 4.90 Å². The second-order valence-electron chi connectivity index (χ2n) is 4.78. The van der Waals surface area contributed by atoms with Crippen LogP contribution in [0.4, 0.5) is 10.1 Å². The Morgan fingerprint density at radius 3 is 2.58 bits per heavy atom. The van der Waals surface area contributed by atoms with Crippen LogP contribution in [0.2, 0.25) is 0 Å². The molecule has 0 amide bonds. The first-order chi connectivity index (χ1) is 8.59. The van der Waals surface area contributed by atoms with Crippen molar-refractivity contribution in [1.29, 1.82) is 0 Å². The summed E-state index contributed by atoms with van der Waals surface area (Å²) < 4.78 is 40.5. The minimum absolute atomic E-state index is 0.0205. The van der Waals surface area contributed by atoms with E-state index in [4.69, 9.17) is 10.8 Å². The first-order valence-corrected chi connectivity index (χ1v) is 7.76. The van der Waals surface area contributed by atoms with E-state index in [9.17, 15) is 12.8 Å². The largest absolute Gasteiger partial charge is 0.399 e. The summed E-state index contributed by atoms with van der Waals surface area (Å²) in [5.74, 6) is -0.901. The Bertz CT molecular complexity index is 576. The fraction of sp³-hybridized carbons (Fsp3) is 0.455. The molecule has 4 N–H and O–H groups in total. The van der Waals surface area contributed by atoms with Gasteiger partial charge in [0.25, 0.3) is 0 Å². The minimum Gasteiger partial charge on any atom is -0.399 e. The third-order valence-corrected chi connectivity index (χ3v) is 4.73. The van der Waals surface area contributed by atoms with Gasteiger partial charge in [-0.1, -0.05) is 0 Å². The number of rotatable bonds is 5. The van der Waals surface area contributed by atoms with Crippen molar-refractivity contribution in [3.63, 3.8) is 0 Å². The lowest BCUT2D eigenvalue weighted by Crippen LogP contribution is -2.44. The van der Waals surface area contributed by atoms with Crippen LogP contribution in [0, 0.1) is 5.82 Å². The maximum atomic E-state index is 13.9. The average molecular weight is 355 g/mol. The quantitative estimate of drug-likeness (QED) is 0.700. The van der Waals surface area contributed by atoms with E-state index in [0.29, 0.717) is 0 Å². The van der Waals surface area contributed by atoms with E-state index in [2.05, 4.69) is 20.7 Å². The second kappa shape index (κ2) is 5.74. The van der Waals surface area contributed by atoms with Gasteiger partial charge in [-0.2, -0.15) is 0 Å². The molecule has 108 valence electrons. The number of benzene rings is 1. The zero-order chi connectivity index (χ0) is 14.8. The number of halogens is 2. The normalized spacial score (nSPS) is 12.7. The van der Waals surface area contributed by atoms with E-state index in [0.717, 1.165) is 6.07 Å². The number of sulfonamides is 1. The SMILES string of the molecule is CC(C)(CCO)NS(=O)(=O)c1cc(N)cc(Br)c1F. The predicted molar refractivity (Wildman–Crippen MR) is 74.6 cm³/mol. The number of aliphatic hydroxyl groups excluding tert-OH is 1. The maximum absolute atomic E-state index is 13.9. The number of nitrogen functional groups attached to an aromatic ring is 1. The zero-order valence-electron chi connectivity index (χ0n) is 10.6. The molecule has 0 bridgehead atoms. The van der Waals surface area contributed by atoms with Crippen molar-refractivity contribution in [3.05, 3.63) is 22.4 Å². The maximum Gasteiger partial charge on any atom is 0.244 e. The summed E-state index contributed by atoms with van der Waals surface area (Å²) in [4.78, 5) is -0.523. The zero-order valence-corrected chi connectivity index (χ0v) is 13.0. The topological polar surface area (TPSA) is 92.4 Å². The molecular formula is C11H16BrFN2O3S. The van der Waals surface area contributed by atoms with E-state index < -0.39 is 26.3 Å². The van der Waals surface area contributed by atoms with Crippen molar-refractivity contribution in [2.75, 3.05) is 12.3 Å². The van der Waals surface area contributed by atoms with Gasteiger partial charge in [0, 0.05) is 17.8 Å². The molecule has 8 heteroatoms. The lowest BCUT2D eigenvalue weighted by molar-refractivity contribution is 0.245. The molecule has 0 aliphatic rings. The highest BCUT2D eigenvalue weighted by Gasteiger charge is 2.29. The van der Waals surface area contributed by atoms with Crippen LogP contribution in [0.25, 0.3) is 0 Å². The molecule has 0 saturated carbocycles. The van der Waals surface area contributed by atoms with Crippen molar-refractivity contribution in [2.24, 2.45) is 0 Å². The Kier molecular flexibility index (Phi) is 4.94. The van der Waals surface area contributed by atoms with Crippen molar-refractivity contribution < 1.29 is 17.9 Å². The van der Waals surface area contributed by atoms with E-state index >= 15 is 0 Å². The van der Waals surface area contributed by atoms with E-state index in [1.165, 1.54) is 6.07 Å². The first kappa shape index (κ1) is 16.4. The fourth-order valence-electron chi connectivity index (χ4n) is 1.53. The van der Waals surface area contributed by atoms with Crippen LogP contribution < -0.4 is 10.5 Å². The Labute approximate surface area is 120 Å². The average Bonchev–Trinajstić information content (AvgIpc) is 2.21. The van der Waals surface area contributed by atoms with E-state index in [-0.39, 0.29) is 23.2 Å². The molecular weight excluding hydrogens is 339 g/mol.